The van der Waals surface area contributed by atoms with Crippen molar-refractivity contribution < 1.29 is 29.0 Å². The first kappa shape index (κ1) is 27.9. The van der Waals surface area contributed by atoms with Crippen LogP contribution >= 0.6 is 0 Å². The molecular formula is C27H36N2O6. The highest BCUT2D eigenvalue weighted by atomic mass is 16.6. The van der Waals surface area contributed by atoms with Crippen molar-refractivity contribution in [3.8, 4) is 0 Å². The van der Waals surface area contributed by atoms with Gasteiger partial charge in [-0.15, -0.1) is 0 Å². The summed E-state index contributed by atoms with van der Waals surface area (Å²) in [7, 11) is 1.22. The number of carbonyl (C=O) groups excluding carboxylic acids is 2. The number of hydrogen-bond acceptors (Lipinski definition) is 6. The van der Waals surface area contributed by atoms with E-state index in [0.717, 1.165) is 21.7 Å². The Hall–Kier alpha value is -3.39. The first-order chi connectivity index (χ1) is 16.4. The quantitative estimate of drug-likeness (QED) is 0.382. The third-order valence-corrected chi connectivity index (χ3v) is 5.34. The maximum atomic E-state index is 13.2. The molecule has 0 aliphatic rings. The predicted molar refractivity (Wildman–Crippen MR) is 133 cm³/mol. The number of nitrogens with one attached hydrogen (secondary N) is 1. The topological polar surface area (TPSA) is 105 Å². The van der Waals surface area contributed by atoms with E-state index in [0.29, 0.717) is 0 Å². The fourth-order valence-electron chi connectivity index (χ4n) is 3.69. The lowest BCUT2D eigenvalue weighted by Crippen LogP contribution is -2.60. The Morgan fingerprint density at radius 1 is 0.971 bits per heavy atom. The minimum absolute atomic E-state index is 0.0994. The largest absolute Gasteiger partial charge is 0.480 e. The van der Waals surface area contributed by atoms with E-state index < -0.39 is 35.7 Å². The molecule has 0 bridgehead atoms. The lowest BCUT2D eigenvalue weighted by atomic mass is 9.93. The Morgan fingerprint density at radius 2 is 1.57 bits per heavy atom. The molecule has 0 aromatic heterocycles. The number of aliphatic carboxylic acids is 1. The number of carboxylic acid groups (broad SMARTS) is 1. The van der Waals surface area contributed by atoms with E-state index in [9.17, 15) is 19.5 Å². The monoisotopic (exact) mass is 484 g/mol. The van der Waals surface area contributed by atoms with Gasteiger partial charge in [0.25, 0.3) is 0 Å². The summed E-state index contributed by atoms with van der Waals surface area (Å²) in [6.07, 6.45) is -0.663. The predicted octanol–water partition coefficient (Wildman–Crippen LogP) is 4.33. The van der Waals surface area contributed by atoms with Gasteiger partial charge < -0.3 is 14.6 Å². The standard InChI is InChI=1S/C27H36N2O6/c1-18(2)21-15-11-10-14-20(21)17-22(24(30)31)28-29(26(33)35-27(3,4)5)23(25(32)34-6)16-19-12-8-7-9-13-19/h7-15,18,22-23,28H,16-17H2,1-6H3,(H,30,31)/t22-,23-/m0/s1. The van der Waals surface area contributed by atoms with Gasteiger partial charge in [-0.2, -0.15) is 0 Å². The van der Waals surface area contributed by atoms with E-state index in [1.165, 1.54) is 7.11 Å². The molecule has 0 aliphatic carbocycles. The highest BCUT2D eigenvalue weighted by Crippen LogP contribution is 2.21. The molecule has 2 atom stereocenters. The van der Waals surface area contributed by atoms with Crippen LogP contribution in [0.2, 0.25) is 0 Å². The number of hydrazine groups is 1. The van der Waals surface area contributed by atoms with Crippen LogP contribution < -0.4 is 5.43 Å². The van der Waals surface area contributed by atoms with Gasteiger partial charge in [0.2, 0.25) is 0 Å². The number of rotatable bonds is 10. The molecule has 0 aliphatic heterocycles. The number of nitrogens with zero attached hydrogens (tertiary/aromatic N) is 1. The van der Waals surface area contributed by atoms with E-state index in [1.807, 2.05) is 68.4 Å². The molecule has 0 radical (unpaired) electrons. The zero-order valence-electron chi connectivity index (χ0n) is 21.3. The second-order valence-corrected chi connectivity index (χ2v) is 9.66. The van der Waals surface area contributed by atoms with E-state index in [1.54, 1.807) is 20.8 Å². The molecule has 0 saturated carbocycles. The zero-order valence-corrected chi connectivity index (χ0v) is 21.3. The summed E-state index contributed by atoms with van der Waals surface area (Å²) >= 11 is 0. The van der Waals surface area contributed by atoms with E-state index in [4.69, 9.17) is 9.47 Å². The van der Waals surface area contributed by atoms with Crippen LogP contribution in [0.1, 0.15) is 57.2 Å². The van der Waals surface area contributed by atoms with Crippen LogP contribution in [0.25, 0.3) is 0 Å². The van der Waals surface area contributed by atoms with Gasteiger partial charge in [0.15, 0.2) is 6.04 Å². The minimum Gasteiger partial charge on any atom is -0.480 e. The fraction of sp³-hybridized carbons (Fsp3) is 0.444. The normalized spacial score (nSPS) is 13.1. The number of esters is 1. The molecule has 2 aromatic carbocycles. The lowest BCUT2D eigenvalue weighted by molar-refractivity contribution is -0.151. The Kier molecular flexibility index (Phi) is 9.83. The van der Waals surface area contributed by atoms with Crippen LogP contribution in [-0.2, 0) is 31.9 Å². The summed E-state index contributed by atoms with van der Waals surface area (Å²) in [5.74, 6) is -1.68. The van der Waals surface area contributed by atoms with Crippen LogP contribution in [0.15, 0.2) is 54.6 Å². The van der Waals surface area contributed by atoms with E-state index >= 15 is 0 Å². The van der Waals surface area contributed by atoms with Crippen molar-refractivity contribution in [1.82, 2.24) is 10.4 Å². The Morgan fingerprint density at radius 3 is 2.11 bits per heavy atom. The van der Waals surface area contributed by atoms with Gasteiger partial charge in [0.1, 0.15) is 11.6 Å². The van der Waals surface area contributed by atoms with Gasteiger partial charge in [-0.1, -0.05) is 68.4 Å². The summed E-state index contributed by atoms with van der Waals surface area (Å²) in [5.41, 5.74) is 4.54. The molecule has 0 spiro atoms. The smallest absolute Gasteiger partial charge is 0.425 e. The molecule has 0 heterocycles. The maximum absolute atomic E-state index is 13.2. The van der Waals surface area contributed by atoms with Crippen LogP contribution in [0.5, 0.6) is 0 Å². The molecule has 0 fully saturated rings. The van der Waals surface area contributed by atoms with E-state index in [-0.39, 0.29) is 18.8 Å². The molecule has 8 heteroatoms. The number of methoxy groups -OCH3 is 1. The molecule has 2 aromatic rings. The SMILES string of the molecule is COC(=O)[C@H](Cc1ccccc1)N(N[C@@H](Cc1ccccc1C(C)C)C(=O)O)C(=O)OC(C)(C)C. The average Bonchev–Trinajstić information content (AvgIpc) is 2.79. The Bertz CT molecular complexity index is 1000. The molecule has 1 amide bonds. The van der Waals surface area contributed by atoms with Crippen molar-refractivity contribution in [2.24, 2.45) is 0 Å². The first-order valence-electron chi connectivity index (χ1n) is 11.6. The number of hydrogen-bond donors (Lipinski definition) is 2. The summed E-state index contributed by atoms with van der Waals surface area (Å²) in [5, 5.41) is 11.0. The lowest BCUT2D eigenvalue weighted by Gasteiger charge is -2.34. The number of carboxylic acids is 1. The number of carbonyl (C=O) groups is 3. The molecular weight excluding hydrogens is 448 g/mol. The molecule has 2 rings (SSSR count). The van der Waals surface area contributed by atoms with Gasteiger partial charge in [-0.3, -0.25) is 4.79 Å². The van der Waals surface area contributed by atoms with Crippen LogP contribution in [0.3, 0.4) is 0 Å². The third kappa shape index (κ3) is 8.40. The van der Waals surface area contributed by atoms with Crippen molar-refractivity contribution in [3.05, 3.63) is 71.3 Å². The summed E-state index contributed by atoms with van der Waals surface area (Å²) in [4.78, 5) is 38.4. The van der Waals surface area contributed by atoms with Crippen molar-refractivity contribution in [3.63, 3.8) is 0 Å². The summed E-state index contributed by atoms with van der Waals surface area (Å²) in [6.45, 7) is 9.15. The minimum atomic E-state index is -1.20. The zero-order chi connectivity index (χ0) is 26.2. The third-order valence-electron chi connectivity index (χ3n) is 5.34. The fourth-order valence-corrected chi connectivity index (χ4v) is 3.69. The van der Waals surface area contributed by atoms with Crippen LogP contribution in [0, 0.1) is 0 Å². The van der Waals surface area contributed by atoms with Gasteiger partial charge in [-0.05, 0) is 43.4 Å². The van der Waals surface area contributed by atoms with Crippen LogP contribution in [-0.4, -0.2) is 52.9 Å². The van der Waals surface area contributed by atoms with Gasteiger partial charge in [-0.25, -0.2) is 20.0 Å². The number of benzene rings is 2. The molecule has 35 heavy (non-hydrogen) atoms. The van der Waals surface area contributed by atoms with Crippen LogP contribution in [0.4, 0.5) is 4.79 Å². The highest BCUT2D eigenvalue weighted by molar-refractivity contribution is 5.82. The Labute approximate surface area is 207 Å². The van der Waals surface area contributed by atoms with E-state index in [2.05, 4.69) is 5.43 Å². The highest BCUT2D eigenvalue weighted by Gasteiger charge is 2.37. The van der Waals surface area contributed by atoms with Gasteiger partial charge in [0, 0.05) is 12.8 Å². The first-order valence-corrected chi connectivity index (χ1v) is 11.6. The second-order valence-electron chi connectivity index (χ2n) is 9.66. The van der Waals surface area contributed by atoms with Crippen molar-refractivity contribution in [2.45, 2.75) is 71.1 Å². The van der Waals surface area contributed by atoms with Crippen molar-refractivity contribution in [2.75, 3.05) is 7.11 Å². The molecule has 190 valence electrons. The molecule has 0 unspecified atom stereocenters. The molecule has 8 nitrogen and oxygen atoms in total. The number of ether oxygens (including phenoxy) is 2. The molecule has 2 N–H and O–H groups in total. The summed E-state index contributed by atoms with van der Waals surface area (Å²) in [6, 6.07) is 14.3. The van der Waals surface area contributed by atoms with Gasteiger partial charge >= 0.3 is 18.0 Å². The average molecular weight is 485 g/mol. The Balaban J connectivity index is 2.46. The number of amides is 1. The van der Waals surface area contributed by atoms with Gasteiger partial charge in [0.05, 0.1) is 7.11 Å². The van der Waals surface area contributed by atoms with Crippen molar-refractivity contribution in [1.29, 1.82) is 0 Å². The maximum Gasteiger partial charge on any atom is 0.425 e. The summed E-state index contributed by atoms with van der Waals surface area (Å²) < 4.78 is 10.5. The van der Waals surface area contributed by atoms with Crippen molar-refractivity contribution >= 4 is 18.0 Å². The second kappa shape index (κ2) is 12.4. The molecule has 0 saturated heterocycles.